The van der Waals surface area contributed by atoms with Crippen LogP contribution in [0.15, 0.2) is 24.7 Å². The quantitative estimate of drug-likeness (QED) is 0.649. The van der Waals surface area contributed by atoms with E-state index in [1.807, 2.05) is 29.9 Å². The van der Waals surface area contributed by atoms with Crippen molar-refractivity contribution in [3.05, 3.63) is 24.7 Å². The first-order valence-corrected chi connectivity index (χ1v) is 3.37. The number of imidazole rings is 1. The number of fused-ring (bicyclic) bond motifs is 1. The third-order valence-electron chi connectivity index (χ3n) is 1.49. The van der Waals surface area contributed by atoms with Gasteiger partial charge < -0.3 is 5.32 Å². The minimum atomic E-state index is 0.719. The van der Waals surface area contributed by atoms with Crippen molar-refractivity contribution in [2.45, 2.75) is 0 Å². The minimum absolute atomic E-state index is 0.719. The zero-order valence-electron chi connectivity index (χ0n) is 6.15. The molecule has 0 aliphatic heterocycles. The van der Waals surface area contributed by atoms with Crippen molar-refractivity contribution in [1.82, 2.24) is 14.4 Å². The Kier molecular flexibility index (Phi) is 1.25. The van der Waals surface area contributed by atoms with E-state index >= 15 is 0 Å². The highest BCUT2D eigenvalue weighted by molar-refractivity contribution is 5.42. The zero-order chi connectivity index (χ0) is 7.68. The summed E-state index contributed by atoms with van der Waals surface area (Å²) in [6, 6.07) is 1.87. The molecule has 0 bridgehead atoms. The molecule has 0 fully saturated rings. The van der Waals surface area contributed by atoms with Gasteiger partial charge in [-0.1, -0.05) is 0 Å². The fourth-order valence-corrected chi connectivity index (χ4v) is 0.950. The molecular weight excluding hydrogens is 140 g/mol. The molecule has 0 aliphatic carbocycles. The maximum Gasteiger partial charge on any atom is 0.235 e. The lowest BCUT2D eigenvalue weighted by molar-refractivity contribution is 1.11. The highest BCUT2D eigenvalue weighted by Gasteiger charge is 1.96. The molecule has 0 saturated heterocycles. The van der Waals surface area contributed by atoms with Gasteiger partial charge in [-0.25, -0.2) is 4.98 Å². The van der Waals surface area contributed by atoms with Gasteiger partial charge in [-0.2, -0.15) is 4.98 Å². The van der Waals surface area contributed by atoms with Gasteiger partial charge in [0.2, 0.25) is 5.78 Å². The summed E-state index contributed by atoms with van der Waals surface area (Å²) in [5, 5.41) is 2.94. The fraction of sp³-hybridized carbons (Fsp3) is 0.143. The Morgan fingerprint density at radius 2 is 2.45 bits per heavy atom. The summed E-state index contributed by atoms with van der Waals surface area (Å²) in [5.74, 6) is 1.56. The van der Waals surface area contributed by atoms with Crippen LogP contribution < -0.4 is 5.32 Å². The average Bonchev–Trinajstić information content (AvgIpc) is 2.46. The van der Waals surface area contributed by atoms with Gasteiger partial charge in [0.05, 0.1) is 6.20 Å². The van der Waals surface area contributed by atoms with Crippen molar-refractivity contribution in [2.75, 3.05) is 12.4 Å². The molecule has 4 heteroatoms. The minimum Gasteiger partial charge on any atom is -0.372 e. The van der Waals surface area contributed by atoms with Crippen molar-refractivity contribution in [1.29, 1.82) is 0 Å². The SMILES string of the molecule is CNc1cn2cccnc2n1. The molecular formula is C7H8N4. The number of anilines is 1. The molecule has 11 heavy (non-hydrogen) atoms. The Morgan fingerprint density at radius 3 is 3.18 bits per heavy atom. The molecule has 2 aromatic rings. The van der Waals surface area contributed by atoms with Gasteiger partial charge in [-0.15, -0.1) is 0 Å². The summed E-state index contributed by atoms with van der Waals surface area (Å²) in [7, 11) is 1.84. The summed E-state index contributed by atoms with van der Waals surface area (Å²) < 4.78 is 1.87. The molecule has 2 rings (SSSR count). The van der Waals surface area contributed by atoms with Crippen molar-refractivity contribution >= 4 is 11.6 Å². The first-order chi connectivity index (χ1) is 5.40. The lowest BCUT2D eigenvalue weighted by Gasteiger charge is -1.85. The molecule has 0 spiro atoms. The van der Waals surface area contributed by atoms with E-state index in [1.54, 1.807) is 6.20 Å². The third-order valence-corrected chi connectivity index (χ3v) is 1.49. The number of hydrogen-bond donors (Lipinski definition) is 1. The van der Waals surface area contributed by atoms with Crippen LogP contribution in [0.1, 0.15) is 0 Å². The molecule has 0 unspecified atom stereocenters. The Morgan fingerprint density at radius 1 is 1.55 bits per heavy atom. The van der Waals surface area contributed by atoms with Crippen molar-refractivity contribution in [3.8, 4) is 0 Å². The molecule has 56 valence electrons. The first kappa shape index (κ1) is 6.15. The van der Waals surface area contributed by atoms with Crippen LogP contribution in [0.5, 0.6) is 0 Å². The predicted octanol–water partition coefficient (Wildman–Crippen LogP) is 0.771. The van der Waals surface area contributed by atoms with Gasteiger partial charge in [-0.3, -0.25) is 4.40 Å². The van der Waals surface area contributed by atoms with Crippen LogP contribution in [0.4, 0.5) is 5.82 Å². The molecule has 0 radical (unpaired) electrons. The monoisotopic (exact) mass is 148 g/mol. The number of rotatable bonds is 1. The lowest BCUT2D eigenvalue weighted by atomic mass is 10.7. The van der Waals surface area contributed by atoms with E-state index in [0.717, 1.165) is 11.6 Å². The first-order valence-electron chi connectivity index (χ1n) is 3.37. The van der Waals surface area contributed by atoms with Gasteiger partial charge in [0, 0.05) is 19.4 Å². The molecule has 2 aromatic heterocycles. The van der Waals surface area contributed by atoms with Gasteiger partial charge in [0.15, 0.2) is 0 Å². The van der Waals surface area contributed by atoms with E-state index in [2.05, 4.69) is 15.3 Å². The second kappa shape index (κ2) is 2.23. The number of aromatic nitrogens is 3. The van der Waals surface area contributed by atoms with Crippen LogP contribution in [0.2, 0.25) is 0 Å². The predicted molar refractivity (Wildman–Crippen MR) is 42.5 cm³/mol. The topological polar surface area (TPSA) is 42.2 Å². The van der Waals surface area contributed by atoms with E-state index < -0.39 is 0 Å². The fourth-order valence-electron chi connectivity index (χ4n) is 0.950. The molecule has 4 nitrogen and oxygen atoms in total. The molecule has 2 heterocycles. The Balaban J connectivity index is 2.69. The highest BCUT2D eigenvalue weighted by Crippen LogP contribution is 2.04. The van der Waals surface area contributed by atoms with E-state index in [-0.39, 0.29) is 0 Å². The molecule has 0 saturated carbocycles. The van der Waals surface area contributed by atoms with Gasteiger partial charge in [0.1, 0.15) is 5.82 Å². The number of hydrogen-bond acceptors (Lipinski definition) is 3. The largest absolute Gasteiger partial charge is 0.372 e. The van der Waals surface area contributed by atoms with Gasteiger partial charge in [-0.05, 0) is 6.07 Å². The van der Waals surface area contributed by atoms with Crippen LogP contribution in [0.3, 0.4) is 0 Å². The van der Waals surface area contributed by atoms with E-state index in [1.165, 1.54) is 0 Å². The summed E-state index contributed by atoms with van der Waals surface area (Å²) in [5.41, 5.74) is 0. The zero-order valence-corrected chi connectivity index (χ0v) is 6.15. The van der Waals surface area contributed by atoms with Crippen LogP contribution in [0, 0.1) is 0 Å². The summed E-state index contributed by atoms with van der Waals surface area (Å²) in [4.78, 5) is 8.23. The molecule has 0 amide bonds. The smallest absolute Gasteiger partial charge is 0.235 e. The van der Waals surface area contributed by atoms with E-state index in [0.29, 0.717) is 0 Å². The Bertz CT molecular complexity index is 332. The Hall–Kier alpha value is -1.58. The second-order valence-corrected chi connectivity index (χ2v) is 2.20. The summed E-state index contributed by atoms with van der Waals surface area (Å²) >= 11 is 0. The molecule has 1 N–H and O–H groups in total. The maximum atomic E-state index is 4.17. The van der Waals surface area contributed by atoms with Crippen molar-refractivity contribution < 1.29 is 0 Å². The van der Waals surface area contributed by atoms with Gasteiger partial charge >= 0.3 is 0 Å². The van der Waals surface area contributed by atoms with Gasteiger partial charge in [0.25, 0.3) is 0 Å². The van der Waals surface area contributed by atoms with Crippen LogP contribution in [0.25, 0.3) is 5.78 Å². The third kappa shape index (κ3) is 0.920. The molecule has 0 aliphatic rings. The standard InChI is InChI=1S/C7H8N4/c1-8-6-5-11-4-2-3-9-7(11)10-6/h2-5,8H,1H3. The normalized spacial score (nSPS) is 10.3. The lowest BCUT2D eigenvalue weighted by Crippen LogP contribution is -1.85. The second-order valence-electron chi connectivity index (χ2n) is 2.20. The molecule has 0 aromatic carbocycles. The number of nitrogens with one attached hydrogen (secondary N) is 1. The van der Waals surface area contributed by atoms with E-state index in [9.17, 15) is 0 Å². The summed E-state index contributed by atoms with van der Waals surface area (Å²) in [6.45, 7) is 0. The van der Waals surface area contributed by atoms with Crippen LogP contribution >= 0.6 is 0 Å². The van der Waals surface area contributed by atoms with Crippen LogP contribution in [-0.4, -0.2) is 21.4 Å². The Labute approximate surface area is 63.9 Å². The average molecular weight is 148 g/mol. The van der Waals surface area contributed by atoms with E-state index in [4.69, 9.17) is 0 Å². The van der Waals surface area contributed by atoms with Crippen molar-refractivity contribution in [2.24, 2.45) is 0 Å². The maximum absolute atomic E-state index is 4.17. The van der Waals surface area contributed by atoms with Crippen molar-refractivity contribution in [3.63, 3.8) is 0 Å². The number of nitrogens with zero attached hydrogens (tertiary/aromatic N) is 3. The molecule has 0 atom stereocenters. The summed E-state index contributed by atoms with van der Waals surface area (Å²) in [6.07, 6.45) is 5.53. The van der Waals surface area contributed by atoms with Crippen LogP contribution in [-0.2, 0) is 0 Å². The highest BCUT2D eigenvalue weighted by atomic mass is 15.1.